The van der Waals surface area contributed by atoms with Gasteiger partial charge in [-0.2, -0.15) is 0 Å². The molecule has 1 aliphatic heterocycles. The van der Waals surface area contributed by atoms with E-state index in [4.69, 9.17) is 4.74 Å². The number of rotatable bonds is 5. The third-order valence-electron chi connectivity index (χ3n) is 5.56. The summed E-state index contributed by atoms with van der Waals surface area (Å²) in [6, 6.07) is 4.06. The highest BCUT2D eigenvalue weighted by Gasteiger charge is 2.42. The Kier molecular flexibility index (Phi) is 4.72. The van der Waals surface area contributed by atoms with Gasteiger partial charge in [0.15, 0.2) is 0 Å². The lowest BCUT2D eigenvalue weighted by Crippen LogP contribution is -2.43. The molecule has 6 nitrogen and oxygen atoms in total. The van der Waals surface area contributed by atoms with E-state index < -0.39 is 12.2 Å². The van der Waals surface area contributed by atoms with Crippen LogP contribution in [0.5, 0.6) is 0 Å². The molecule has 2 heterocycles. The average Bonchev–Trinajstić information content (AvgIpc) is 3.41. The standard InChI is InChI=1S/C18H27N3O3/c22-15-9-14(17(18(15)23)20-10-12-1-2-12)13-3-4-16(19-11-13)21-5-7-24-8-6-21/h3-4,11-12,14-15,17-18,20,22-23H,1-2,5-10H2/t14-,15-,17-,18-/m1/s1. The Morgan fingerprint density at radius 3 is 2.67 bits per heavy atom. The molecule has 3 fully saturated rings. The van der Waals surface area contributed by atoms with Crippen LogP contribution < -0.4 is 10.2 Å². The normalized spacial score (nSPS) is 33.8. The first-order chi connectivity index (χ1) is 11.7. The second kappa shape index (κ2) is 6.96. The highest BCUT2D eigenvalue weighted by atomic mass is 16.5. The number of pyridine rings is 1. The van der Waals surface area contributed by atoms with Crippen LogP contribution in [0, 0.1) is 5.92 Å². The molecule has 3 N–H and O–H groups in total. The molecule has 24 heavy (non-hydrogen) atoms. The van der Waals surface area contributed by atoms with Crippen LogP contribution in [0.2, 0.25) is 0 Å². The number of nitrogens with zero attached hydrogens (tertiary/aromatic N) is 2. The summed E-state index contributed by atoms with van der Waals surface area (Å²) >= 11 is 0. The third-order valence-corrected chi connectivity index (χ3v) is 5.56. The molecule has 132 valence electrons. The summed E-state index contributed by atoms with van der Waals surface area (Å²) in [6.45, 7) is 4.18. The summed E-state index contributed by atoms with van der Waals surface area (Å²) in [5.74, 6) is 1.83. The predicted octanol–water partition coefficient (Wildman–Crippen LogP) is 0.495. The van der Waals surface area contributed by atoms with Crippen LogP contribution in [0.25, 0.3) is 0 Å². The Morgan fingerprint density at radius 1 is 1.21 bits per heavy atom. The topological polar surface area (TPSA) is 77.9 Å². The van der Waals surface area contributed by atoms with E-state index in [0.717, 1.165) is 50.1 Å². The molecule has 0 radical (unpaired) electrons. The van der Waals surface area contributed by atoms with Crippen LogP contribution in [0.1, 0.15) is 30.7 Å². The molecule has 2 aliphatic carbocycles. The van der Waals surface area contributed by atoms with Crippen LogP contribution in [0.15, 0.2) is 18.3 Å². The van der Waals surface area contributed by atoms with Crippen LogP contribution in [-0.4, -0.2) is 66.3 Å². The van der Waals surface area contributed by atoms with Crippen molar-refractivity contribution in [2.24, 2.45) is 5.92 Å². The van der Waals surface area contributed by atoms with Gasteiger partial charge >= 0.3 is 0 Å². The number of ether oxygens (including phenoxy) is 1. The molecule has 1 saturated heterocycles. The number of aromatic nitrogens is 1. The Hall–Kier alpha value is -1.21. The van der Waals surface area contributed by atoms with E-state index in [1.807, 2.05) is 6.20 Å². The number of aliphatic hydroxyl groups is 2. The monoisotopic (exact) mass is 333 g/mol. The van der Waals surface area contributed by atoms with Gasteiger partial charge in [-0.15, -0.1) is 0 Å². The number of hydrogen-bond acceptors (Lipinski definition) is 6. The molecule has 0 spiro atoms. The average molecular weight is 333 g/mol. The zero-order valence-electron chi connectivity index (χ0n) is 14.0. The Balaban J connectivity index is 1.46. The number of hydrogen-bond donors (Lipinski definition) is 3. The Labute approximate surface area is 142 Å². The zero-order chi connectivity index (χ0) is 16.5. The minimum atomic E-state index is -0.701. The number of morpholine rings is 1. The maximum absolute atomic E-state index is 10.3. The fourth-order valence-electron chi connectivity index (χ4n) is 3.85. The van der Waals surface area contributed by atoms with Gasteiger partial charge in [0.2, 0.25) is 0 Å². The first kappa shape index (κ1) is 16.3. The van der Waals surface area contributed by atoms with E-state index >= 15 is 0 Å². The van der Waals surface area contributed by atoms with Crippen molar-refractivity contribution in [2.45, 2.75) is 43.4 Å². The molecule has 0 aromatic carbocycles. The minimum Gasteiger partial charge on any atom is -0.390 e. The Morgan fingerprint density at radius 2 is 2.00 bits per heavy atom. The summed E-state index contributed by atoms with van der Waals surface area (Å²) in [6.07, 6.45) is 3.68. The number of aliphatic hydroxyl groups excluding tert-OH is 2. The molecule has 3 aliphatic rings. The predicted molar refractivity (Wildman–Crippen MR) is 91.2 cm³/mol. The van der Waals surface area contributed by atoms with Gasteiger partial charge in [-0.1, -0.05) is 6.07 Å². The molecule has 6 heteroatoms. The maximum atomic E-state index is 10.3. The quantitative estimate of drug-likeness (QED) is 0.728. The fourth-order valence-corrected chi connectivity index (χ4v) is 3.85. The number of nitrogens with one attached hydrogen (secondary N) is 1. The Bertz CT molecular complexity index is 543. The van der Waals surface area contributed by atoms with Gasteiger partial charge in [0, 0.05) is 31.2 Å². The molecular weight excluding hydrogens is 306 g/mol. The van der Waals surface area contributed by atoms with Gasteiger partial charge in [-0.3, -0.25) is 0 Å². The second-order valence-electron chi connectivity index (χ2n) is 7.33. The van der Waals surface area contributed by atoms with Gasteiger partial charge in [-0.05, 0) is 43.4 Å². The van der Waals surface area contributed by atoms with Gasteiger partial charge < -0.3 is 25.2 Å². The summed E-state index contributed by atoms with van der Waals surface area (Å²) in [7, 11) is 0. The molecule has 0 amide bonds. The van der Waals surface area contributed by atoms with E-state index in [1.54, 1.807) is 0 Å². The maximum Gasteiger partial charge on any atom is 0.128 e. The van der Waals surface area contributed by atoms with Crippen LogP contribution in [0.3, 0.4) is 0 Å². The van der Waals surface area contributed by atoms with Gasteiger partial charge in [0.25, 0.3) is 0 Å². The van der Waals surface area contributed by atoms with E-state index in [2.05, 4.69) is 27.3 Å². The summed E-state index contributed by atoms with van der Waals surface area (Å²) < 4.78 is 5.38. The van der Waals surface area contributed by atoms with E-state index in [-0.39, 0.29) is 12.0 Å². The van der Waals surface area contributed by atoms with Crippen molar-refractivity contribution in [1.29, 1.82) is 0 Å². The fraction of sp³-hybridized carbons (Fsp3) is 0.722. The number of anilines is 1. The smallest absolute Gasteiger partial charge is 0.128 e. The molecule has 2 saturated carbocycles. The van der Waals surface area contributed by atoms with E-state index in [1.165, 1.54) is 12.8 Å². The zero-order valence-corrected chi connectivity index (χ0v) is 14.0. The molecule has 0 unspecified atom stereocenters. The highest BCUT2D eigenvalue weighted by Crippen LogP contribution is 2.36. The van der Waals surface area contributed by atoms with Crippen LogP contribution >= 0.6 is 0 Å². The third kappa shape index (κ3) is 3.42. The van der Waals surface area contributed by atoms with Crippen LogP contribution in [0.4, 0.5) is 5.82 Å². The van der Waals surface area contributed by atoms with Crippen molar-refractivity contribution >= 4 is 5.82 Å². The molecular formula is C18H27N3O3. The largest absolute Gasteiger partial charge is 0.390 e. The van der Waals surface area contributed by atoms with Crippen molar-refractivity contribution in [2.75, 3.05) is 37.7 Å². The lowest BCUT2D eigenvalue weighted by molar-refractivity contribution is 0.0299. The van der Waals surface area contributed by atoms with Crippen molar-refractivity contribution < 1.29 is 14.9 Å². The lowest BCUT2D eigenvalue weighted by Gasteiger charge is -2.28. The van der Waals surface area contributed by atoms with Crippen molar-refractivity contribution in [1.82, 2.24) is 10.3 Å². The summed E-state index contributed by atoms with van der Waals surface area (Å²) in [5.41, 5.74) is 1.09. The van der Waals surface area contributed by atoms with E-state index in [9.17, 15) is 10.2 Å². The molecule has 1 aromatic heterocycles. The SMILES string of the molecule is O[C@H]1[C@H](NCC2CC2)[C@@H](c2ccc(N3CCOCC3)nc2)C[C@H]1O. The lowest BCUT2D eigenvalue weighted by atomic mass is 9.94. The van der Waals surface area contributed by atoms with Gasteiger partial charge in [0.05, 0.1) is 25.4 Å². The van der Waals surface area contributed by atoms with Gasteiger partial charge in [0.1, 0.15) is 5.82 Å². The van der Waals surface area contributed by atoms with Crippen molar-refractivity contribution in [3.05, 3.63) is 23.9 Å². The molecule has 0 bridgehead atoms. The molecule has 4 rings (SSSR count). The minimum absolute atomic E-state index is 0.0864. The summed E-state index contributed by atoms with van der Waals surface area (Å²) in [4.78, 5) is 6.85. The first-order valence-electron chi connectivity index (χ1n) is 9.10. The second-order valence-corrected chi connectivity index (χ2v) is 7.33. The van der Waals surface area contributed by atoms with Gasteiger partial charge in [-0.25, -0.2) is 4.98 Å². The highest BCUT2D eigenvalue weighted by molar-refractivity contribution is 5.41. The van der Waals surface area contributed by atoms with Crippen LogP contribution in [-0.2, 0) is 4.74 Å². The molecule has 1 aromatic rings. The van der Waals surface area contributed by atoms with Crippen molar-refractivity contribution in [3.8, 4) is 0 Å². The molecule has 4 atom stereocenters. The summed E-state index contributed by atoms with van der Waals surface area (Å²) in [5, 5.41) is 23.9. The van der Waals surface area contributed by atoms with E-state index in [0.29, 0.717) is 6.42 Å². The first-order valence-corrected chi connectivity index (χ1v) is 9.10. The van der Waals surface area contributed by atoms with Crippen molar-refractivity contribution in [3.63, 3.8) is 0 Å².